The average Bonchev–Trinajstić information content (AvgIpc) is 2.01. The number of hydrogen-bond acceptors (Lipinski definition) is 3. The van der Waals surface area contributed by atoms with Crippen LogP contribution in [0.1, 0.15) is 34.1 Å². The normalized spacial score (nSPS) is 10.5. The van der Waals surface area contributed by atoms with Crippen LogP contribution in [0.2, 0.25) is 0 Å². The van der Waals surface area contributed by atoms with Crippen molar-refractivity contribution in [1.29, 1.82) is 5.26 Å². The van der Waals surface area contributed by atoms with E-state index in [1.165, 1.54) is 4.90 Å². The van der Waals surface area contributed by atoms with Gasteiger partial charge in [-0.05, 0) is 27.2 Å². The number of rotatable bonds is 3. The molecule has 14 heavy (non-hydrogen) atoms. The van der Waals surface area contributed by atoms with Gasteiger partial charge >= 0.3 is 6.09 Å². The molecule has 0 atom stereocenters. The highest BCUT2D eigenvalue weighted by atomic mass is 16.6. The van der Waals surface area contributed by atoms with E-state index < -0.39 is 11.7 Å². The third kappa shape index (κ3) is 5.41. The molecule has 0 unspecified atom stereocenters. The van der Waals surface area contributed by atoms with Crippen molar-refractivity contribution in [2.75, 3.05) is 13.1 Å². The number of nitriles is 1. The second kappa shape index (κ2) is 5.48. The fourth-order valence-corrected chi connectivity index (χ4v) is 0.917. The van der Waals surface area contributed by atoms with E-state index in [1.807, 2.05) is 13.0 Å². The molecule has 0 aliphatic rings. The van der Waals surface area contributed by atoms with Crippen molar-refractivity contribution < 1.29 is 9.53 Å². The van der Waals surface area contributed by atoms with Gasteiger partial charge in [0.05, 0.1) is 6.07 Å². The van der Waals surface area contributed by atoms with E-state index >= 15 is 0 Å². The van der Waals surface area contributed by atoms with Crippen LogP contribution < -0.4 is 0 Å². The predicted octanol–water partition coefficient (Wildman–Crippen LogP) is 2.16. The Morgan fingerprint density at radius 3 is 2.43 bits per heavy atom. The molecule has 1 amide bonds. The first-order chi connectivity index (χ1) is 6.40. The Hall–Kier alpha value is -1.24. The van der Waals surface area contributed by atoms with Crippen LogP contribution in [0, 0.1) is 11.3 Å². The SMILES string of the molecule is CCCN(CC#N)C(=O)OC(C)(C)C. The van der Waals surface area contributed by atoms with Gasteiger partial charge in [0, 0.05) is 6.54 Å². The molecule has 0 aliphatic carbocycles. The maximum Gasteiger partial charge on any atom is 0.411 e. The Labute approximate surface area is 85.5 Å². The van der Waals surface area contributed by atoms with Crippen LogP contribution in [-0.2, 0) is 4.74 Å². The molecule has 0 aromatic rings. The molecule has 0 fully saturated rings. The molecule has 0 aliphatic heterocycles. The van der Waals surface area contributed by atoms with Crippen LogP contribution in [0.4, 0.5) is 4.79 Å². The summed E-state index contributed by atoms with van der Waals surface area (Å²) >= 11 is 0. The fraction of sp³-hybridized carbons (Fsp3) is 0.800. The number of carbonyl (C=O) groups excluding carboxylic acids is 1. The number of ether oxygens (including phenoxy) is 1. The van der Waals surface area contributed by atoms with Crippen molar-refractivity contribution in [3.63, 3.8) is 0 Å². The summed E-state index contributed by atoms with van der Waals surface area (Å²) in [6.07, 6.45) is 0.405. The molecule has 4 heteroatoms. The second-order valence-corrected chi connectivity index (χ2v) is 4.06. The lowest BCUT2D eigenvalue weighted by molar-refractivity contribution is 0.0274. The van der Waals surface area contributed by atoms with E-state index in [2.05, 4.69) is 0 Å². The summed E-state index contributed by atoms with van der Waals surface area (Å²) in [5, 5.41) is 8.51. The molecule has 0 bridgehead atoms. The summed E-state index contributed by atoms with van der Waals surface area (Å²) in [5.74, 6) is 0. The summed E-state index contributed by atoms with van der Waals surface area (Å²) in [4.78, 5) is 12.9. The lowest BCUT2D eigenvalue weighted by Crippen LogP contribution is -2.37. The summed E-state index contributed by atoms with van der Waals surface area (Å²) < 4.78 is 5.14. The molecule has 0 N–H and O–H groups in total. The second-order valence-electron chi connectivity index (χ2n) is 4.06. The first kappa shape index (κ1) is 12.8. The van der Waals surface area contributed by atoms with Gasteiger partial charge in [-0.3, -0.25) is 4.90 Å². The van der Waals surface area contributed by atoms with Crippen molar-refractivity contribution in [3.05, 3.63) is 0 Å². The smallest absolute Gasteiger partial charge is 0.411 e. The van der Waals surface area contributed by atoms with Crippen molar-refractivity contribution in [1.82, 2.24) is 4.90 Å². The third-order valence-corrected chi connectivity index (χ3v) is 1.41. The lowest BCUT2D eigenvalue weighted by atomic mass is 10.2. The molecule has 0 saturated heterocycles. The van der Waals surface area contributed by atoms with Crippen LogP contribution in [0.25, 0.3) is 0 Å². The highest BCUT2D eigenvalue weighted by molar-refractivity contribution is 5.68. The minimum absolute atomic E-state index is 0.0861. The highest BCUT2D eigenvalue weighted by Gasteiger charge is 2.20. The first-order valence-corrected chi connectivity index (χ1v) is 4.75. The number of hydrogen-bond donors (Lipinski definition) is 0. The maximum atomic E-state index is 11.5. The largest absolute Gasteiger partial charge is 0.444 e. The van der Waals surface area contributed by atoms with Crippen molar-refractivity contribution >= 4 is 6.09 Å². The zero-order valence-corrected chi connectivity index (χ0v) is 9.33. The minimum atomic E-state index is -0.501. The Bertz CT molecular complexity index is 225. The molecular weight excluding hydrogens is 180 g/mol. The van der Waals surface area contributed by atoms with Crippen molar-refractivity contribution in [2.45, 2.75) is 39.7 Å². The predicted molar refractivity (Wildman–Crippen MR) is 53.7 cm³/mol. The van der Waals surface area contributed by atoms with Crippen LogP contribution >= 0.6 is 0 Å². The van der Waals surface area contributed by atoms with Crippen LogP contribution in [0.3, 0.4) is 0 Å². The van der Waals surface area contributed by atoms with Crippen LogP contribution in [0.5, 0.6) is 0 Å². The first-order valence-electron chi connectivity index (χ1n) is 4.75. The standard InChI is InChI=1S/C10H18N2O2/c1-5-7-12(8-6-11)9(13)14-10(2,3)4/h5,7-8H2,1-4H3. The topological polar surface area (TPSA) is 53.3 Å². The Kier molecular flexibility index (Phi) is 5.00. The van der Waals surface area contributed by atoms with E-state index in [-0.39, 0.29) is 6.54 Å². The van der Waals surface area contributed by atoms with Crippen LogP contribution in [-0.4, -0.2) is 29.7 Å². The average molecular weight is 198 g/mol. The Morgan fingerprint density at radius 1 is 1.50 bits per heavy atom. The molecule has 80 valence electrons. The monoisotopic (exact) mass is 198 g/mol. The van der Waals surface area contributed by atoms with Gasteiger partial charge in [-0.25, -0.2) is 4.79 Å². The third-order valence-electron chi connectivity index (χ3n) is 1.41. The van der Waals surface area contributed by atoms with Gasteiger partial charge in [0.25, 0.3) is 0 Å². The molecule has 0 radical (unpaired) electrons. The van der Waals surface area contributed by atoms with E-state index in [0.717, 1.165) is 6.42 Å². The van der Waals surface area contributed by atoms with Crippen molar-refractivity contribution in [3.8, 4) is 6.07 Å². The summed E-state index contributed by atoms with van der Waals surface area (Å²) in [6.45, 7) is 8.02. The van der Waals surface area contributed by atoms with E-state index in [9.17, 15) is 4.79 Å². The molecule has 0 saturated carbocycles. The van der Waals surface area contributed by atoms with E-state index in [1.54, 1.807) is 20.8 Å². The van der Waals surface area contributed by atoms with Gasteiger partial charge in [0.15, 0.2) is 0 Å². The minimum Gasteiger partial charge on any atom is -0.444 e. The lowest BCUT2D eigenvalue weighted by Gasteiger charge is -2.25. The molecule has 4 nitrogen and oxygen atoms in total. The van der Waals surface area contributed by atoms with Gasteiger partial charge in [0.2, 0.25) is 0 Å². The zero-order valence-electron chi connectivity index (χ0n) is 9.33. The fourth-order valence-electron chi connectivity index (χ4n) is 0.917. The Morgan fingerprint density at radius 2 is 2.07 bits per heavy atom. The summed E-state index contributed by atoms with van der Waals surface area (Å²) in [5.41, 5.74) is -0.501. The summed E-state index contributed by atoms with van der Waals surface area (Å²) in [7, 11) is 0. The van der Waals surface area contributed by atoms with Gasteiger partial charge in [-0.15, -0.1) is 0 Å². The molecular formula is C10H18N2O2. The van der Waals surface area contributed by atoms with E-state index in [4.69, 9.17) is 10.00 Å². The maximum absolute atomic E-state index is 11.5. The molecule has 0 spiro atoms. The van der Waals surface area contributed by atoms with Gasteiger partial charge in [0.1, 0.15) is 12.1 Å². The zero-order chi connectivity index (χ0) is 11.2. The number of amides is 1. The molecule has 0 aromatic carbocycles. The summed E-state index contributed by atoms with van der Waals surface area (Å²) in [6, 6.07) is 1.94. The van der Waals surface area contributed by atoms with Gasteiger partial charge in [-0.2, -0.15) is 5.26 Å². The van der Waals surface area contributed by atoms with E-state index in [0.29, 0.717) is 6.54 Å². The van der Waals surface area contributed by atoms with Gasteiger partial charge < -0.3 is 4.74 Å². The highest BCUT2D eigenvalue weighted by Crippen LogP contribution is 2.09. The van der Waals surface area contributed by atoms with Crippen molar-refractivity contribution in [2.24, 2.45) is 0 Å². The molecule has 0 aromatic heterocycles. The number of nitrogens with zero attached hydrogens (tertiary/aromatic N) is 2. The van der Waals surface area contributed by atoms with Crippen LogP contribution in [0.15, 0.2) is 0 Å². The van der Waals surface area contributed by atoms with Gasteiger partial charge in [-0.1, -0.05) is 6.92 Å². The Balaban J connectivity index is 4.23. The molecule has 0 rings (SSSR count). The molecule has 0 heterocycles. The quantitative estimate of drug-likeness (QED) is 0.653. The number of carbonyl (C=O) groups is 1.